The summed E-state index contributed by atoms with van der Waals surface area (Å²) in [6.07, 6.45) is 0. The maximum atomic E-state index is 4.83. The van der Waals surface area contributed by atoms with Gasteiger partial charge in [-0.3, -0.25) is 0 Å². The van der Waals surface area contributed by atoms with Crippen LogP contribution in [0.25, 0.3) is 0 Å². The first-order valence-corrected chi connectivity index (χ1v) is 2.27. The molecule has 36 N–H and O–H groups in total. The van der Waals surface area contributed by atoms with E-state index in [-0.39, 0.29) is 98.6 Å². The van der Waals surface area contributed by atoms with Gasteiger partial charge in [0.05, 0.1) is 0 Å². The number of halogens is 4. The minimum absolute atomic E-state index is 0. The SMILES string of the molecule is ClC(Cl)(Cl)Cl.O.O.O.O.O.O.O.O.O.O.O.O.O.O.O.O.O.O. The lowest BCUT2D eigenvalue weighted by Gasteiger charge is -1.91. The molecule has 0 fully saturated rings. The van der Waals surface area contributed by atoms with E-state index in [1.807, 2.05) is 0 Å². The van der Waals surface area contributed by atoms with Crippen LogP contribution in [0.2, 0.25) is 0 Å². The highest BCUT2D eigenvalue weighted by atomic mass is 35.6. The van der Waals surface area contributed by atoms with Gasteiger partial charge in [0, 0.05) is 0 Å². The van der Waals surface area contributed by atoms with Crippen LogP contribution in [-0.4, -0.2) is 102 Å². The van der Waals surface area contributed by atoms with E-state index in [1.54, 1.807) is 0 Å². The van der Waals surface area contributed by atoms with Gasteiger partial charge in [-0.2, -0.15) is 0 Å². The molecule has 0 saturated carbocycles. The summed E-state index contributed by atoms with van der Waals surface area (Å²) in [5.74, 6) is 0. The van der Waals surface area contributed by atoms with Crippen molar-refractivity contribution in [3.05, 3.63) is 0 Å². The van der Waals surface area contributed by atoms with Gasteiger partial charge in [0.1, 0.15) is 0 Å². The van der Waals surface area contributed by atoms with Crippen LogP contribution in [0.5, 0.6) is 0 Å². The Hall–Kier alpha value is 0.440. The van der Waals surface area contributed by atoms with Crippen LogP contribution in [0.1, 0.15) is 0 Å². The summed E-state index contributed by atoms with van der Waals surface area (Å²) in [6, 6.07) is 0. The van der Waals surface area contributed by atoms with Crippen LogP contribution >= 0.6 is 46.4 Å². The molecule has 0 amide bonds. The molecule has 0 atom stereocenters. The van der Waals surface area contributed by atoms with Gasteiger partial charge in [0.2, 0.25) is 0 Å². The van der Waals surface area contributed by atoms with Gasteiger partial charge in [0.25, 0.3) is 3.25 Å². The lowest BCUT2D eigenvalue weighted by atomic mass is 11.8. The predicted octanol–water partition coefficient (Wildman–Crippen LogP) is -12.3. The molecule has 18 nitrogen and oxygen atoms in total. The van der Waals surface area contributed by atoms with E-state index in [2.05, 4.69) is 0 Å². The Morgan fingerprint density at radius 1 is 0.217 bits per heavy atom. The van der Waals surface area contributed by atoms with Crippen molar-refractivity contribution in [1.29, 1.82) is 0 Å². The molecular weight excluding hydrogens is 442 g/mol. The molecule has 0 bridgehead atoms. The highest BCUT2D eigenvalue weighted by molar-refractivity contribution is 6.83. The third-order valence-electron chi connectivity index (χ3n) is 0. The van der Waals surface area contributed by atoms with Crippen molar-refractivity contribution in [2.24, 2.45) is 0 Å². The van der Waals surface area contributed by atoms with Gasteiger partial charge >= 0.3 is 0 Å². The molecular formula is CH36Cl4O18. The third kappa shape index (κ3) is 48400. The molecule has 0 aliphatic carbocycles. The molecule has 0 aliphatic heterocycles. The summed E-state index contributed by atoms with van der Waals surface area (Å²) < 4.78 is -1.61. The van der Waals surface area contributed by atoms with Gasteiger partial charge in [-0.15, -0.1) is 0 Å². The zero-order chi connectivity index (χ0) is 4.50. The standard InChI is InChI=1S/CCl4.18H2O/c2-1(3,4)5;;;;;;;;;;;;;;;;;;/h;18*1H2. The Balaban J connectivity index is -0.000000000523. The van der Waals surface area contributed by atoms with Crippen molar-refractivity contribution in [3.63, 3.8) is 0 Å². The quantitative estimate of drug-likeness (QED) is 0.293. The summed E-state index contributed by atoms with van der Waals surface area (Å²) in [5, 5.41) is 0. The predicted molar refractivity (Wildman–Crippen MR) is 91.2 cm³/mol. The number of hydrogen-bond donors (Lipinski definition) is 0. The van der Waals surface area contributed by atoms with Gasteiger partial charge in [0.15, 0.2) is 0 Å². The minimum Gasteiger partial charge on any atom is -0.412 e. The Kier molecular flexibility index (Phi) is 6470. The lowest BCUT2D eigenvalue weighted by Crippen LogP contribution is -1.81. The topological polar surface area (TPSA) is 567 Å². The number of hydrogen-bond acceptors (Lipinski definition) is 0. The Labute approximate surface area is 149 Å². The average molecular weight is 478 g/mol. The maximum absolute atomic E-state index is 4.83. The highest BCUT2D eigenvalue weighted by Crippen LogP contribution is 2.29. The second kappa shape index (κ2) is 249. The van der Waals surface area contributed by atoms with Gasteiger partial charge in [-0.05, 0) is 0 Å². The molecule has 176 valence electrons. The Morgan fingerprint density at radius 2 is 0.217 bits per heavy atom. The molecule has 0 spiro atoms. The van der Waals surface area contributed by atoms with Crippen LogP contribution in [0.3, 0.4) is 0 Å². The normalized spacial score (nSPS) is 2.61. The van der Waals surface area contributed by atoms with Gasteiger partial charge in [-0.1, -0.05) is 46.4 Å². The fourth-order valence-corrected chi connectivity index (χ4v) is 0. The molecule has 0 saturated heterocycles. The van der Waals surface area contributed by atoms with Crippen molar-refractivity contribution in [2.45, 2.75) is 3.25 Å². The Morgan fingerprint density at radius 3 is 0.217 bits per heavy atom. The lowest BCUT2D eigenvalue weighted by molar-refractivity contribution is 0.823. The maximum Gasteiger partial charge on any atom is 0.266 e. The van der Waals surface area contributed by atoms with Crippen molar-refractivity contribution in [1.82, 2.24) is 0 Å². The van der Waals surface area contributed by atoms with Crippen LogP contribution in [0.4, 0.5) is 0 Å². The zero-order valence-corrected chi connectivity index (χ0v) is 14.0. The summed E-state index contributed by atoms with van der Waals surface area (Å²) in [5.41, 5.74) is 0. The molecule has 23 heavy (non-hydrogen) atoms. The summed E-state index contributed by atoms with van der Waals surface area (Å²) >= 11 is 19.3. The molecule has 0 heterocycles. The van der Waals surface area contributed by atoms with E-state index in [9.17, 15) is 0 Å². The molecule has 0 unspecified atom stereocenters. The molecule has 0 radical (unpaired) electrons. The summed E-state index contributed by atoms with van der Waals surface area (Å²) in [7, 11) is 0. The van der Waals surface area contributed by atoms with Crippen LogP contribution in [0.15, 0.2) is 0 Å². The minimum atomic E-state index is -1.61. The molecule has 22 heteroatoms. The van der Waals surface area contributed by atoms with Gasteiger partial charge < -0.3 is 98.6 Å². The second-order valence-corrected chi connectivity index (χ2v) is 3.86. The first-order valence-electron chi connectivity index (χ1n) is 0.756. The van der Waals surface area contributed by atoms with E-state index in [0.717, 1.165) is 0 Å². The molecule has 0 aromatic rings. The first-order chi connectivity index (χ1) is 2.00. The van der Waals surface area contributed by atoms with Crippen LogP contribution < -0.4 is 0 Å². The Bertz CT molecular complexity index is 36.5. The van der Waals surface area contributed by atoms with E-state index in [0.29, 0.717) is 0 Å². The van der Waals surface area contributed by atoms with Crippen molar-refractivity contribution in [3.8, 4) is 0 Å². The van der Waals surface area contributed by atoms with Crippen molar-refractivity contribution < 1.29 is 98.6 Å². The monoisotopic (exact) mass is 476 g/mol. The van der Waals surface area contributed by atoms with E-state index < -0.39 is 3.25 Å². The molecule has 0 aliphatic rings. The highest BCUT2D eigenvalue weighted by Gasteiger charge is 2.11. The van der Waals surface area contributed by atoms with E-state index >= 15 is 0 Å². The molecule has 0 rings (SSSR count). The number of rotatable bonds is 0. The van der Waals surface area contributed by atoms with E-state index in [1.165, 1.54) is 0 Å². The zero-order valence-electron chi connectivity index (χ0n) is 11.0. The smallest absolute Gasteiger partial charge is 0.266 e. The van der Waals surface area contributed by atoms with Gasteiger partial charge in [-0.25, -0.2) is 0 Å². The van der Waals surface area contributed by atoms with E-state index in [4.69, 9.17) is 46.4 Å². The fourth-order valence-electron chi connectivity index (χ4n) is 0. The summed E-state index contributed by atoms with van der Waals surface area (Å²) in [4.78, 5) is 0. The van der Waals surface area contributed by atoms with Crippen LogP contribution in [-0.2, 0) is 0 Å². The second-order valence-electron chi connectivity index (χ2n) is 0.429. The first kappa shape index (κ1) is 599. The largest absolute Gasteiger partial charge is 0.412 e. The van der Waals surface area contributed by atoms with Crippen LogP contribution in [0, 0.1) is 0 Å². The fraction of sp³-hybridized carbons (Fsp3) is 1.00. The number of alkyl halides is 4. The third-order valence-corrected chi connectivity index (χ3v) is 0. The van der Waals surface area contributed by atoms with Crippen molar-refractivity contribution >= 4 is 46.4 Å². The van der Waals surface area contributed by atoms with Crippen molar-refractivity contribution in [2.75, 3.05) is 0 Å². The summed E-state index contributed by atoms with van der Waals surface area (Å²) in [6.45, 7) is 0. The molecule has 0 aromatic heterocycles. The molecule has 0 aromatic carbocycles. The average Bonchev–Trinajstić information content (AvgIpc) is 0.722.